The van der Waals surface area contributed by atoms with Crippen molar-refractivity contribution < 1.29 is 0 Å². The van der Waals surface area contributed by atoms with Gasteiger partial charge in [-0.1, -0.05) is 29.8 Å². The lowest BCUT2D eigenvalue weighted by Gasteiger charge is -2.26. The highest BCUT2D eigenvalue weighted by Gasteiger charge is 2.14. The van der Waals surface area contributed by atoms with Crippen LogP contribution in [-0.2, 0) is 0 Å². The summed E-state index contributed by atoms with van der Waals surface area (Å²) in [4.78, 5) is 6.56. The zero-order valence-electron chi connectivity index (χ0n) is 15.6. The second kappa shape index (κ2) is 13.8. The second-order valence-corrected chi connectivity index (χ2v) is 6.96. The molecule has 0 heterocycles. The molecule has 0 spiro atoms. The number of aryl methyl sites for hydroxylation is 1. The van der Waals surface area contributed by atoms with Gasteiger partial charge < -0.3 is 15.5 Å². The maximum absolute atomic E-state index is 4.32. The van der Waals surface area contributed by atoms with E-state index in [2.05, 4.69) is 72.1 Å². The van der Waals surface area contributed by atoms with Crippen molar-refractivity contribution in [2.45, 2.75) is 25.8 Å². The number of rotatable bonds is 9. The Kier molecular flexibility index (Phi) is 13.5. The zero-order valence-corrected chi connectivity index (χ0v) is 18.8. The van der Waals surface area contributed by atoms with E-state index in [1.54, 1.807) is 0 Å². The maximum atomic E-state index is 4.32. The fraction of sp³-hybridized carbons (Fsp3) is 0.611. The Morgan fingerprint density at radius 1 is 1.17 bits per heavy atom. The Morgan fingerprint density at radius 2 is 1.83 bits per heavy atom. The molecule has 0 fully saturated rings. The molecule has 0 aliphatic heterocycles. The Balaban J connectivity index is 0.00000529. The van der Waals surface area contributed by atoms with Crippen LogP contribution in [0.5, 0.6) is 0 Å². The maximum Gasteiger partial charge on any atom is 0.191 e. The Hall–Kier alpha value is -0.470. The molecule has 4 nitrogen and oxygen atoms in total. The number of hydrogen-bond donors (Lipinski definition) is 2. The molecular formula is C18H33IN4S. The van der Waals surface area contributed by atoms with Gasteiger partial charge in [-0.3, -0.25) is 4.99 Å². The summed E-state index contributed by atoms with van der Waals surface area (Å²) in [6.45, 7) is 3.92. The Labute approximate surface area is 169 Å². The fourth-order valence-electron chi connectivity index (χ4n) is 2.38. The summed E-state index contributed by atoms with van der Waals surface area (Å²) in [6.07, 6.45) is 4.58. The number of nitrogens with zero attached hydrogens (tertiary/aromatic N) is 2. The molecule has 1 aromatic rings. The molecular weight excluding hydrogens is 431 g/mol. The van der Waals surface area contributed by atoms with Crippen molar-refractivity contribution in [3.63, 3.8) is 0 Å². The molecule has 0 amide bonds. The SMILES string of the molecule is CN=C(NCCCCSC)NCC(c1ccc(C)cc1)N(C)C.I. The van der Waals surface area contributed by atoms with Gasteiger partial charge in [-0.15, -0.1) is 24.0 Å². The minimum Gasteiger partial charge on any atom is -0.356 e. The summed E-state index contributed by atoms with van der Waals surface area (Å²) < 4.78 is 0. The zero-order chi connectivity index (χ0) is 17.1. The van der Waals surface area contributed by atoms with E-state index in [9.17, 15) is 0 Å². The minimum atomic E-state index is 0. The van der Waals surface area contributed by atoms with Crippen molar-refractivity contribution in [2.75, 3.05) is 46.2 Å². The largest absolute Gasteiger partial charge is 0.356 e. The van der Waals surface area contributed by atoms with Crippen molar-refractivity contribution in [1.29, 1.82) is 0 Å². The number of halogens is 1. The molecule has 0 saturated carbocycles. The lowest BCUT2D eigenvalue weighted by Crippen LogP contribution is -2.42. The Bertz CT molecular complexity index is 463. The van der Waals surface area contributed by atoms with Gasteiger partial charge in [0.2, 0.25) is 0 Å². The molecule has 1 unspecified atom stereocenters. The lowest BCUT2D eigenvalue weighted by atomic mass is 10.0. The van der Waals surface area contributed by atoms with Crippen molar-refractivity contribution >= 4 is 41.7 Å². The first-order valence-corrected chi connectivity index (χ1v) is 9.64. The van der Waals surface area contributed by atoms with Gasteiger partial charge in [0, 0.05) is 20.1 Å². The highest BCUT2D eigenvalue weighted by atomic mass is 127. The first kappa shape index (κ1) is 23.5. The van der Waals surface area contributed by atoms with Crippen LogP contribution < -0.4 is 10.6 Å². The molecule has 0 aromatic heterocycles. The van der Waals surface area contributed by atoms with Crippen LogP contribution in [0.1, 0.15) is 30.0 Å². The normalized spacial score (nSPS) is 12.7. The van der Waals surface area contributed by atoms with Gasteiger partial charge in [0.05, 0.1) is 6.04 Å². The van der Waals surface area contributed by atoms with Crippen LogP contribution in [0.15, 0.2) is 29.3 Å². The average molecular weight is 464 g/mol. The van der Waals surface area contributed by atoms with Crippen LogP contribution in [0.25, 0.3) is 0 Å². The monoisotopic (exact) mass is 464 g/mol. The van der Waals surface area contributed by atoms with E-state index in [-0.39, 0.29) is 24.0 Å². The summed E-state index contributed by atoms with van der Waals surface area (Å²) in [7, 11) is 6.06. The third-order valence-electron chi connectivity index (χ3n) is 3.84. The fourth-order valence-corrected chi connectivity index (χ4v) is 2.87. The molecule has 2 N–H and O–H groups in total. The van der Waals surface area contributed by atoms with Gasteiger partial charge >= 0.3 is 0 Å². The van der Waals surface area contributed by atoms with Crippen molar-refractivity contribution in [2.24, 2.45) is 4.99 Å². The number of likely N-dealkylation sites (N-methyl/N-ethyl adjacent to an activating group) is 1. The molecule has 24 heavy (non-hydrogen) atoms. The van der Waals surface area contributed by atoms with Crippen molar-refractivity contribution in [1.82, 2.24) is 15.5 Å². The molecule has 0 saturated heterocycles. The lowest BCUT2D eigenvalue weighted by molar-refractivity contribution is 0.298. The first-order chi connectivity index (χ1) is 11.1. The van der Waals surface area contributed by atoms with Crippen LogP contribution >= 0.6 is 35.7 Å². The quantitative estimate of drug-likeness (QED) is 0.254. The standard InChI is InChI=1S/C18H32N4S.HI/c1-15-8-10-16(11-9-15)17(22(3)4)14-21-18(19-2)20-12-6-7-13-23-5;/h8-11,17H,6-7,12-14H2,1-5H3,(H2,19,20,21);1H. The van der Waals surface area contributed by atoms with Gasteiger partial charge in [0.25, 0.3) is 0 Å². The molecule has 0 aliphatic rings. The number of thioether (sulfide) groups is 1. The van der Waals surface area contributed by atoms with Gasteiger partial charge in [-0.2, -0.15) is 11.8 Å². The summed E-state index contributed by atoms with van der Waals surface area (Å²) in [5.74, 6) is 2.11. The molecule has 0 bridgehead atoms. The van der Waals surface area contributed by atoms with Crippen molar-refractivity contribution in [3.8, 4) is 0 Å². The van der Waals surface area contributed by atoms with E-state index >= 15 is 0 Å². The van der Waals surface area contributed by atoms with E-state index < -0.39 is 0 Å². The number of guanidine groups is 1. The van der Waals surface area contributed by atoms with Crippen LogP contribution in [-0.4, -0.2) is 57.1 Å². The van der Waals surface area contributed by atoms with Crippen molar-refractivity contribution in [3.05, 3.63) is 35.4 Å². The summed E-state index contributed by atoms with van der Waals surface area (Å²) in [6, 6.07) is 9.08. The topological polar surface area (TPSA) is 39.7 Å². The van der Waals surface area contributed by atoms with E-state index in [1.807, 2.05) is 18.8 Å². The van der Waals surface area contributed by atoms with Gasteiger partial charge in [0.15, 0.2) is 5.96 Å². The number of unbranched alkanes of at least 4 members (excludes halogenated alkanes) is 1. The van der Waals surface area contributed by atoms with Crippen LogP contribution in [0.2, 0.25) is 0 Å². The smallest absolute Gasteiger partial charge is 0.191 e. The predicted octanol–water partition coefficient (Wildman–Crippen LogP) is 3.52. The molecule has 1 aromatic carbocycles. The second-order valence-electron chi connectivity index (χ2n) is 5.97. The van der Waals surface area contributed by atoms with E-state index in [0.29, 0.717) is 6.04 Å². The minimum absolute atomic E-state index is 0. The van der Waals surface area contributed by atoms with Crippen LogP contribution in [0.4, 0.5) is 0 Å². The number of nitrogens with one attached hydrogen (secondary N) is 2. The number of aliphatic imine (C=N–C) groups is 1. The number of hydrogen-bond acceptors (Lipinski definition) is 3. The molecule has 1 atom stereocenters. The number of benzene rings is 1. The highest BCUT2D eigenvalue weighted by molar-refractivity contribution is 14.0. The first-order valence-electron chi connectivity index (χ1n) is 8.25. The molecule has 6 heteroatoms. The molecule has 138 valence electrons. The van der Waals surface area contributed by atoms with E-state index in [0.717, 1.165) is 19.0 Å². The third kappa shape index (κ3) is 9.13. The molecule has 1 rings (SSSR count). The summed E-state index contributed by atoms with van der Waals surface area (Å²) in [5.41, 5.74) is 2.62. The highest BCUT2D eigenvalue weighted by Crippen LogP contribution is 2.17. The van der Waals surface area contributed by atoms with Gasteiger partial charge in [-0.25, -0.2) is 0 Å². The van der Waals surface area contributed by atoms with E-state index in [4.69, 9.17) is 0 Å². The molecule has 0 aliphatic carbocycles. The summed E-state index contributed by atoms with van der Waals surface area (Å²) >= 11 is 1.90. The third-order valence-corrected chi connectivity index (χ3v) is 4.54. The molecule has 0 radical (unpaired) electrons. The van der Waals surface area contributed by atoms with E-state index in [1.165, 1.54) is 29.7 Å². The van der Waals surface area contributed by atoms with Crippen LogP contribution in [0, 0.1) is 6.92 Å². The van der Waals surface area contributed by atoms with Crippen LogP contribution in [0.3, 0.4) is 0 Å². The summed E-state index contributed by atoms with van der Waals surface area (Å²) in [5, 5.41) is 6.84. The average Bonchev–Trinajstić information content (AvgIpc) is 2.54. The van der Waals surface area contributed by atoms with Gasteiger partial charge in [-0.05, 0) is 51.4 Å². The predicted molar refractivity (Wildman–Crippen MR) is 120 cm³/mol. The van der Waals surface area contributed by atoms with Gasteiger partial charge in [0.1, 0.15) is 0 Å². The Morgan fingerprint density at radius 3 is 2.38 bits per heavy atom.